The summed E-state index contributed by atoms with van der Waals surface area (Å²) >= 11 is 9.84. The number of hydrogen-bond donors (Lipinski definition) is 0. The minimum atomic E-state index is -0.735. The zero-order chi connectivity index (χ0) is 14.4. The van der Waals surface area contributed by atoms with E-state index in [0.717, 1.165) is 22.5 Å². The number of anilines is 1. The maximum Gasteiger partial charge on any atom is 0.299 e. The number of Topliss-reactive ketones (excluding diaryl/α,β-unsaturated/α-hetero) is 1. The van der Waals surface area contributed by atoms with Gasteiger partial charge in [-0.1, -0.05) is 16.1 Å². The molecule has 2 aromatic rings. The summed E-state index contributed by atoms with van der Waals surface area (Å²) in [6.07, 6.45) is 0. The van der Waals surface area contributed by atoms with Crippen LogP contribution in [0.25, 0.3) is 0 Å². The summed E-state index contributed by atoms with van der Waals surface area (Å²) < 4.78 is 17.7. The summed E-state index contributed by atoms with van der Waals surface area (Å²) in [5, 5.41) is 3.78. The van der Waals surface area contributed by atoms with E-state index in [9.17, 15) is 14.0 Å². The van der Waals surface area contributed by atoms with Crippen molar-refractivity contribution in [2.24, 2.45) is 0 Å². The van der Waals surface area contributed by atoms with Crippen LogP contribution in [0.1, 0.15) is 16.1 Å². The molecular formula is C11H4BrClFN3O2S. The van der Waals surface area contributed by atoms with Crippen LogP contribution in [-0.4, -0.2) is 21.3 Å². The second-order valence-corrected chi connectivity index (χ2v) is 6.21. The third kappa shape index (κ3) is 2.04. The largest absolute Gasteiger partial charge is 0.299 e. The lowest BCUT2D eigenvalue weighted by Crippen LogP contribution is -2.29. The van der Waals surface area contributed by atoms with E-state index in [0.29, 0.717) is 10.0 Å². The van der Waals surface area contributed by atoms with Crippen LogP contribution in [0.15, 0.2) is 16.6 Å². The molecule has 0 saturated heterocycles. The number of fused-ring (bicyclic) bond motifs is 1. The fraction of sp³-hybridized carbons (Fsp3) is 0.0909. The maximum absolute atomic E-state index is 13.6. The number of benzene rings is 1. The molecule has 2 heterocycles. The van der Waals surface area contributed by atoms with E-state index in [-0.39, 0.29) is 22.3 Å². The number of nitrogens with zero attached hydrogens (tertiary/aromatic N) is 3. The number of aromatic nitrogens is 2. The van der Waals surface area contributed by atoms with Gasteiger partial charge in [-0.3, -0.25) is 14.5 Å². The molecule has 0 spiro atoms. The van der Waals surface area contributed by atoms with Gasteiger partial charge in [0.25, 0.3) is 11.7 Å². The fourth-order valence-electron chi connectivity index (χ4n) is 1.89. The highest BCUT2D eigenvalue weighted by Crippen LogP contribution is 2.34. The van der Waals surface area contributed by atoms with Crippen molar-refractivity contribution in [2.45, 2.75) is 6.54 Å². The predicted molar refractivity (Wildman–Crippen MR) is 74.5 cm³/mol. The van der Waals surface area contributed by atoms with Gasteiger partial charge >= 0.3 is 0 Å². The topological polar surface area (TPSA) is 63.2 Å². The van der Waals surface area contributed by atoms with Gasteiger partial charge in [-0.15, -0.1) is 5.10 Å². The van der Waals surface area contributed by atoms with Crippen LogP contribution in [-0.2, 0) is 11.3 Å². The number of hydrogen-bond acceptors (Lipinski definition) is 5. The Morgan fingerprint density at radius 3 is 2.80 bits per heavy atom. The summed E-state index contributed by atoms with van der Waals surface area (Å²) in [6.45, 7) is -0.0199. The molecular weight excluding hydrogens is 373 g/mol. The Kier molecular flexibility index (Phi) is 3.31. The van der Waals surface area contributed by atoms with E-state index >= 15 is 0 Å². The molecule has 0 bridgehead atoms. The van der Waals surface area contributed by atoms with Crippen LogP contribution in [0.2, 0.25) is 4.34 Å². The summed E-state index contributed by atoms with van der Waals surface area (Å²) in [5.74, 6) is -1.97. The molecule has 20 heavy (non-hydrogen) atoms. The molecule has 9 heteroatoms. The van der Waals surface area contributed by atoms with Crippen molar-refractivity contribution in [1.29, 1.82) is 0 Å². The van der Waals surface area contributed by atoms with Gasteiger partial charge in [0.15, 0.2) is 0 Å². The minimum Gasteiger partial charge on any atom is -0.298 e. The monoisotopic (exact) mass is 375 g/mol. The predicted octanol–water partition coefficient (Wildman–Crippen LogP) is 2.82. The molecule has 1 aromatic carbocycles. The average molecular weight is 377 g/mol. The zero-order valence-electron chi connectivity index (χ0n) is 9.56. The highest BCUT2D eigenvalue weighted by atomic mass is 79.9. The number of rotatable bonds is 2. The lowest BCUT2D eigenvalue weighted by molar-refractivity contribution is -0.114. The number of ketones is 1. The molecule has 5 nitrogen and oxygen atoms in total. The Hall–Kier alpha value is -1.38. The van der Waals surface area contributed by atoms with Gasteiger partial charge in [-0.05, 0) is 28.1 Å². The van der Waals surface area contributed by atoms with Crippen molar-refractivity contribution in [3.8, 4) is 0 Å². The smallest absolute Gasteiger partial charge is 0.298 e. The van der Waals surface area contributed by atoms with E-state index < -0.39 is 17.5 Å². The highest BCUT2D eigenvalue weighted by Gasteiger charge is 2.37. The molecule has 0 radical (unpaired) electrons. The number of amides is 1. The Bertz CT molecular complexity index is 751. The van der Waals surface area contributed by atoms with Gasteiger partial charge in [0.05, 0.1) is 22.3 Å². The summed E-state index contributed by atoms with van der Waals surface area (Å²) in [4.78, 5) is 25.0. The molecule has 1 aromatic heterocycles. The van der Waals surface area contributed by atoms with Gasteiger partial charge in [0.1, 0.15) is 15.8 Å². The second kappa shape index (κ2) is 4.87. The van der Waals surface area contributed by atoms with E-state index in [1.165, 1.54) is 6.07 Å². The number of carbonyl (C=O) groups is 2. The molecule has 102 valence electrons. The average Bonchev–Trinajstić information content (AvgIpc) is 2.90. The van der Waals surface area contributed by atoms with Crippen molar-refractivity contribution in [1.82, 2.24) is 9.59 Å². The van der Waals surface area contributed by atoms with Crippen LogP contribution in [0.4, 0.5) is 10.1 Å². The number of halogens is 3. The van der Waals surface area contributed by atoms with Gasteiger partial charge < -0.3 is 0 Å². The summed E-state index contributed by atoms with van der Waals surface area (Å²) in [5.41, 5.74) is 0.737. The first-order chi connectivity index (χ1) is 9.49. The standard InChI is InChI=1S/C11H4BrClFN3O2S/c12-5-1-4-8(2-6(5)14)17(11(19)9(4)18)3-7-10(13)20-16-15-7/h1-2H,3H2. The highest BCUT2D eigenvalue weighted by molar-refractivity contribution is 9.10. The van der Waals surface area contributed by atoms with Crippen LogP contribution < -0.4 is 4.90 Å². The van der Waals surface area contributed by atoms with Gasteiger partial charge in [-0.2, -0.15) is 0 Å². The molecule has 1 aliphatic heterocycles. The molecule has 0 saturated carbocycles. The first kappa shape index (κ1) is 13.6. The Labute approximate surface area is 129 Å². The molecule has 3 rings (SSSR count). The van der Waals surface area contributed by atoms with Gasteiger partial charge in [0.2, 0.25) is 0 Å². The molecule has 1 amide bonds. The minimum absolute atomic E-state index is 0.0199. The molecule has 1 aliphatic rings. The third-order valence-electron chi connectivity index (χ3n) is 2.83. The fourth-order valence-corrected chi connectivity index (χ4v) is 2.84. The van der Waals surface area contributed by atoms with E-state index in [2.05, 4.69) is 25.5 Å². The molecule has 0 aliphatic carbocycles. The summed E-state index contributed by atoms with van der Waals surface area (Å²) in [7, 11) is 0. The molecule has 0 unspecified atom stereocenters. The lowest BCUT2D eigenvalue weighted by Gasteiger charge is -2.15. The maximum atomic E-state index is 13.6. The van der Waals surface area contributed by atoms with E-state index in [1.54, 1.807) is 0 Å². The normalized spacial score (nSPS) is 14.1. The molecule has 0 atom stereocenters. The van der Waals surface area contributed by atoms with Crippen molar-refractivity contribution >= 4 is 56.4 Å². The first-order valence-electron chi connectivity index (χ1n) is 5.31. The van der Waals surface area contributed by atoms with Crippen molar-refractivity contribution in [2.75, 3.05) is 4.90 Å². The van der Waals surface area contributed by atoms with E-state index in [4.69, 9.17) is 11.6 Å². The van der Waals surface area contributed by atoms with Crippen molar-refractivity contribution in [3.05, 3.63) is 38.0 Å². The molecule has 0 N–H and O–H groups in total. The van der Waals surface area contributed by atoms with Gasteiger partial charge in [-0.25, -0.2) is 4.39 Å². The number of carbonyl (C=O) groups excluding carboxylic acids is 2. The Morgan fingerprint density at radius 1 is 1.40 bits per heavy atom. The Balaban J connectivity index is 2.06. The van der Waals surface area contributed by atoms with Gasteiger partial charge in [0, 0.05) is 11.5 Å². The molecule has 0 fully saturated rings. The van der Waals surface area contributed by atoms with Crippen LogP contribution in [0.5, 0.6) is 0 Å². The first-order valence-corrected chi connectivity index (χ1v) is 7.25. The SMILES string of the molecule is O=C1C(=O)N(Cc2nnsc2Cl)c2cc(F)c(Br)cc21. The lowest BCUT2D eigenvalue weighted by atomic mass is 10.1. The quantitative estimate of drug-likeness (QED) is 0.756. The third-order valence-corrected chi connectivity index (χ3v) is 4.42. The second-order valence-electron chi connectivity index (χ2n) is 4.00. The van der Waals surface area contributed by atoms with Crippen LogP contribution >= 0.6 is 39.1 Å². The van der Waals surface area contributed by atoms with E-state index in [1.807, 2.05) is 0 Å². The van der Waals surface area contributed by atoms with Crippen molar-refractivity contribution < 1.29 is 14.0 Å². The Morgan fingerprint density at radius 2 is 2.15 bits per heavy atom. The van der Waals surface area contributed by atoms with Crippen LogP contribution in [0, 0.1) is 5.82 Å². The zero-order valence-corrected chi connectivity index (χ0v) is 12.7. The van der Waals surface area contributed by atoms with Crippen molar-refractivity contribution in [3.63, 3.8) is 0 Å². The van der Waals surface area contributed by atoms with Crippen LogP contribution in [0.3, 0.4) is 0 Å². The summed E-state index contributed by atoms with van der Waals surface area (Å²) in [6, 6.07) is 2.43.